The van der Waals surface area contributed by atoms with Crippen LogP contribution in [0.5, 0.6) is 0 Å². The molecule has 0 aliphatic heterocycles. The number of rotatable bonds is 5. The van der Waals surface area contributed by atoms with Crippen LogP contribution in [0.15, 0.2) is 48.5 Å². The van der Waals surface area contributed by atoms with E-state index in [4.69, 9.17) is 4.74 Å². The number of carbonyl (C=O) groups is 2. The Kier molecular flexibility index (Phi) is 5.30. The molecule has 120 valence electrons. The first kappa shape index (κ1) is 16.5. The van der Waals surface area contributed by atoms with Crippen molar-refractivity contribution in [1.29, 1.82) is 0 Å². The highest BCUT2D eigenvalue weighted by Gasteiger charge is 2.11. The van der Waals surface area contributed by atoms with Gasteiger partial charge in [-0.25, -0.2) is 9.18 Å². The summed E-state index contributed by atoms with van der Waals surface area (Å²) in [5, 5.41) is 2.51. The highest BCUT2D eigenvalue weighted by atomic mass is 19.1. The number of esters is 1. The molecule has 0 unspecified atom stereocenters. The van der Waals surface area contributed by atoms with Crippen molar-refractivity contribution >= 4 is 23.3 Å². The first-order valence-electron chi connectivity index (χ1n) is 6.95. The Bertz CT molecular complexity index is 699. The number of nitrogens with one attached hydrogen (secondary N) is 1. The van der Waals surface area contributed by atoms with Gasteiger partial charge >= 0.3 is 5.97 Å². The number of anilines is 2. The molecule has 2 aromatic rings. The fourth-order valence-electron chi connectivity index (χ4n) is 1.86. The predicted octanol–water partition coefficient (Wildman–Crippen LogP) is 2.69. The molecule has 0 bridgehead atoms. The highest BCUT2D eigenvalue weighted by Crippen LogP contribution is 2.14. The van der Waals surface area contributed by atoms with Gasteiger partial charge in [-0.15, -0.1) is 0 Å². The summed E-state index contributed by atoms with van der Waals surface area (Å²) in [5.74, 6) is -1.47. The minimum atomic E-state index is -0.581. The zero-order valence-corrected chi connectivity index (χ0v) is 12.9. The van der Waals surface area contributed by atoms with Gasteiger partial charge in [0.05, 0.1) is 5.56 Å². The van der Waals surface area contributed by atoms with Crippen molar-refractivity contribution in [1.82, 2.24) is 0 Å². The summed E-state index contributed by atoms with van der Waals surface area (Å²) in [4.78, 5) is 25.5. The van der Waals surface area contributed by atoms with Crippen LogP contribution in [-0.2, 0) is 9.53 Å². The van der Waals surface area contributed by atoms with Gasteiger partial charge in [0.25, 0.3) is 5.91 Å². The number of nitrogens with zero attached hydrogens (tertiary/aromatic N) is 1. The van der Waals surface area contributed by atoms with Crippen molar-refractivity contribution in [3.05, 3.63) is 59.9 Å². The summed E-state index contributed by atoms with van der Waals surface area (Å²) in [5.41, 5.74) is 1.66. The maximum atomic E-state index is 12.8. The lowest BCUT2D eigenvalue weighted by Gasteiger charge is -2.13. The van der Waals surface area contributed by atoms with Gasteiger partial charge in [0.15, 0.2) is 6.61 Å². The van der Waals surface area contributed by atoms with Gasteiger partial charge < -0.3 is 15.0 Å². The molecule has 0 saturated carbocycles. The van der Waals surface area contributed by atoms with Crippen LogP contribution >= 0.6 is 0 Å². The Labute approximate surface area is 133 Å². The van der Waals surface area contributed by atoms with E-state index in [1.54, 1.807) is 18.2 Å². The minimum Gasteiger partial charge on any atom is -0.452 e. The molecule has 23 heavy (non-hydrogen) atoms. The zero-order valence-electron chi connectivity index (χ0n) is 12.9. The molecule has 0 aliphatic carbocycles. The predicted molar refractivity (Wildman–Crippen MR) is 86.1 cm³/mol. The number of halogens is 1. The maximum absolute atomic E-state index is 12.8. The van der Waals surface area contributed by atoms with Crippen molar-refractivity contribution in [2.24, 2.45) is 0 Å². The van der Waals surface area contributed by atoms with Gasteiger partial charge in [-0.2, -0.15) is 0 Å². The summed E-state index contributed by atoms with van der Waals surface area (Å²) in [6, 6.07) is 12.2. The molecule has 0 fully saturated rings. The second kappa shape index (κ2) is 7.40. The Hall–Kier alpha value is -2.89. The highest BCUT2D eigenvalue weighted by molar-refractivity contribution is 5.95. The lowest BCUT2D eigenvalue weighted by Crippen LogP contribution is -2.21. The third-order valence-corrected chi connectivity index (χ3v) is 3.06. The van der Waals surface area contributed by atoms with E-state index in [0.717, 1.165) is 5.69 Å². The van der Waals surface area contributed by atoms with Gasteiger partial charge in [-0.05, 0) is 42.5 Å². The van der Waals surface area contributed by atoms with Crippen molar-refractivity contribution < 1.29 is 18.7 Å². The number of hydrogen-bond acceptors (Lipinski definition) is 4. The van der Waals surface area contributed by atoms with Crippen LogP contribution < -0.4 is 10.2 Å². The fraction of sp³-hybridized carbons (Fsp3) is 0.176. The van der Waals surface area contributed by atoms with Gasteiger partial charge in [-0.1, -0.05) is 6.07 Å². The second-order valence-electron chi connectivity index (χ2n) is 5.08. The molecule has 0 aliphatic rings. The largest absolute Gasteiger partial charge is 0.452 e. The maximum Gasteiger partial charge on any atom is 0.338 e. The van der Waals surface area contributed by atoms with E-state index in [9.17, 15) is 14.0 Å². The second-order valence-corrected chi connectivity index (χ2v) is 5.08. The average Bonchev–Trinajstić information content (AvgIpc) is 2.55. The normalized spacial score (nSPS) is 10.0. The SMILES string of the molecule is CN(C)c1cccc(C(=O)OCC(=O)Nc2ccc(F)cc2)c1. The van der Waals surface area contributed by atoms with Gasteiger partial charge in [-0.3, -0.25) is 4.79 Å². The molecular formula is C17H17FN2O3. The van der Waals surface area contributed by atoms with Crippen LogP contribution in [0.25, 0.3) is 0 Å². The van der Waals surface area contributed by atoms with E-state index in [0.29, 0.717) is 11.3 Å². The summed E-state index contributed by atoms with van der Waals surface area (Å²) in [6.07, 6.45) is 0. The van der Waals surface area contributed by atoms with Gasteiger partial charge in [0, 0.05) is 25.5 Å². The third kappa shape index (κ3) is 4.81. The number of hydrogen-bond donors (Lipinski definition) is 1. The lowest BCUT2D eigenvalue weighted by atomic mass is 10.2. The summed E-state index contributed by atoms with van der Waals surface area (Å²) in [7, 11) is 3.72. The first-order valence-corrected chi connectivity index (χ1v) is 6.95. The summed E-state index contributed by atoms with van der Waals surface area (Å²) < 4.78 is 17.7. The van der Waals surface area contributed by atoms with E-state index >= 15 is 0 Å². The smallest absolute Gasteiger partial charge is 0.338 e. The third-order valence-electron chi connectivity index (χ3n) is 3.06. The Morgan fingerprint density at radius 3 is 2.48 bits per heavy atom. The molecule has 1 N–H and O–H groups in total. The van der Waals surface area contributed by atoms with Crippen molar-refractivity contribution in [3.8, 4) is 0 Å². The molecular weight excluding hydrogens is 299 g/mol. The Balaban J connectivity index is 1.89. The van der Waals surface area contributed by atoms with Crippen LogP contribution in [0.3, 0.4) is 0 Å². The minimum absolute atomic E-state index is 0.366. The van der Waals surface area contributed by atoms with Crippen molar-refractivity contribution in [3.63, 3.8) is 0 Å². The summed E-state index contributed by atoms with van der Waals surface area (Å²) >= 11 is 0. The van der Waals surface area contributed by atoms with Crippen LogP contribution in [0.2, 0.25) is 0 Å². The molecule has 0 spiro atoms. The Morgan fingerprint density at radius 2 is 1.83 bits per heavy atom. The number of benzene rings is 2. The number of carbonyl (C=O) groups excluding carboxylic acids is 2. The molecule has 5 nitrogen and oxygen atoms in total. The topological polar surface area (TPSA) is 58.6 Å². The molecule has 0 aromatic heterocycles. The van der Waals surface area contributed by atoms with E-state index in [1.165, 1.54) is 24.3 Å². The van der Waals surface area contributed by atoms with Gasteiger partial charge in [0.2, 0.25) is 0 Å². The van der Waals surface area contributed by atoms with E-state index in [-0.39, 0.29) is 0 Å². The van der Waals surface area contributed by atoms with E-state index in [2.05, 4.69) is 5.32 Å². The zero-order chi connectivity index (χ0) is 16.8. The average molecular weight is 316 g/mol. The van der Waals surface area contributed by atoms with Crippen LogP contribution in [-0.4, -0.2) is 32.6 Å². The van der Waals surface area contributed by atoms with E-state index < -0.39 is 24.3 Å². The number of ether oxygens (including phenoxy) is 1. The fourth-order valence-corrected chi connectivity index (χ4v) is 1.86. The summed E-state index contributed by atoms with van der Waals surface area (Å²) in [6.45, 7) is -0.414. The van der Waals surface area contributed by atoms with Crippen LogP contribution in [0, 0.1) is 5.82 Å². The molecule has 6 heteroatoms. The number of amides is 1. The van der Waals surface area contributed by atoms with E-state index in [1.807, 2.05) is 25.1 Å². The van der Waals surface area contributed by atoms with Crippen molar-refractivity contribution in [2.45, 2.75) is 0 Å². The first-order chi connectivity index (χ1) is 11.0. The molecule has 1 amide bonds. The van der Waals surface area contributed by atoms with Crippen LogP contribution in [0.4, 0.5) is 15.8 Å². The Morgan fingerprint density at radius 1 is 1.13 bits per heavy atom. The molecule has 0 heterocycles. The quantitative estimate of drug-likeness (QED) is 0.862. The molecule has 2 aromatic carbocycles. The molecule has 0 radical (unpaired) electrons. The van der Waals surface area contributed by atoms with Crippen molar-refractivity contribution in [2.75, 3.05) is 30.9 Å². The van der Waals surface area contributed by atoms with Crippen LogP contribution in [0.1, 0.15) is 10.4 Å². The molecule has 2 rings (SSSR count). The lowest BCUT2D eigenvalue weighted by molar-refractivity contribution is -0.119. The standard InChI is InChI=1S/C17H17FN2O3/c1-20(2)15-5-3-4-12(10-15)17(22)23-11-16(21)19-14-8-6-13(18)7-9-14/h3-10H,11H2,1-2H3,(H,19,21). The molecule has 0 atom stereocenters. The monoisotopic (exact) mass is 316 g/mol. The molecule has 0 saturated heterocycles. The van der Waals surface area contributed by atoms with Gasteiger partial charge in [0.1, 0.15) is 5.82 Å².